The quantitative estimate of drug-likeness (QED) is 0.226. The number of ether oxygens (including phenoxy) is 1. The maximum absolute atomic E-state index is 12.8. The summed E-state index contributed by atoms with van der Waals surface area (Å²) in [7, 11) is -2.10. The van der Waals surface area contributed by atoms with Crippen LogP contribution in [0.5, 0.6) is 0 Å². The van der Waals surface area contributed by atoms with Crippen molar-refractivity contribution in [1.82, 2.24) is 5.32 Å². The molecule has 1 heterocycles. The lowest BCUT2D eigenvalue weighted by Crippen LogP contribution is -2.64. The van der Waals surface area contributed by atoms with Crippen LogP contribution < -0.4 is 5.32 Å². The molecule has 33 heavy (non-hydrogen) atoms. The number of rotatable bonds is 11. The van der Waals surface area contributed by atoms with Crippen molar-refractivity contribution in [1.29, 1.82) is 0 Å². The summed E-state index contributed by atoms with van der Waals surface area (Å²) in [6.45, 7) is 13.9. The van der Waals surface area contributed by atoms with E-state index in [2.05, 4.69) is 39.2 Å². The monoisotopic (exact) mass is 475 g/mol. The van der Waals surface area contributed by atoms with Gasteiger partial charge < -0.3 is 19.3 Å². The molecule has 0 aliphatic carbocycles. The minimum absolute atomic E-state index is 0.00732. The Balaban J connectivity index is 2.05. The third-order valence-corrected chi connectivity index (χ3v) is 11.3. The number of benzene rings is 1. The molecule has 4 atom stereocenters. The SMILES string of the molecule is CC(=O)CC(C[C@H]1NC(=O)[C@@H]1[C@@H](C)O[Si](C)(C)C(C)(C)C)C(=O)C(=O)OCc1ccccc1. The van der Waals surface area contributed by atoms with E-state index >= 15 is 0 Å². The van der Waals surface area contributed by atoms with E-state index in [0.717, 1.165) is 5.56 Å². The molecule has 1 aromatic rings. The van der Waals surface area contributed by atoms with Crippen LogP contribution in [-0.4, -0.2) is 43.9 Å². The number of carbonyl (C=O) groups is 4. The number of hydrogen-bond acceptors (Lipinski definition) is 6. The van der Waals surface area contributed by atoms with Gasteiger partial charge in [0.05, 0.1) is 12.0 Å². The summed E-state index contributed by atoms with van der Waals surface area (Å²) in [4.78, 5) is 49.4. The molecule has 1 fully saturated rings. The molecule has 1 aromatic carbocycles. The van der Waals surface area contributed by atoms with Gasteiger partial charge in [-0.3, -0.25) is 9.59 Å². The number of esters is 1. The summed E-state index contributed by atoms with van der Waals surface area (Å²) in [5.41, 5.74) is 0.768. The first-order valence-corrected chi connectivity index (χ1v) is 14.4. The van der Waals surface area contributed by atoms with Crippen molar-refractivity contribution in [3.63, 3.8) is 0 Å². The summed E-state index contributed by atoms with van der Waals surface area (Å²) in [6.07, 6.45) is -0.209. The van der Waals surface area contributed by atoms with Gasteiger partial charge in [-0.1, -0.05) is 51.1 Å². The standard InChI is InChI=1S/C25H37NO6Si/c1-16(27)13-19(22(28)24(30)31-15-18-11-9-8-10-12-18)14-20-21(23(29)26-20)17(2)32-33(6,7)25(3,4)5/h8-12,17,19-21H,13-15H2,1-7H3,(H,26,29)/t17-,19?,20-,21-/m1/s1. The summed E-state index contributed by atoms with van der Waals surface area (Å²) in [5.74, 6) is -3.30. The molecule has 0 spiro atoms. The number of carbonyl (C=O) groups excluding carboxylic acids is 4. The summed E-state index contributed by atoms with van der Waals surface area (Å²) >= 11 is 0. The van der Waals surface area contributed by atoms with Crippen molar-refractivity contribution in [3.05, 3.63) is 35.9 Å². The van der Waals surface area contributed by atoms with E-state index in [4.69, 9.17) is 9.16 Å². The highest BCUT2D eigenvalue weighted by atomic mass is 28.4. The normalized spacial score (nSPS) is 20.3. The largest absolute Gasteiger partial charge is 0.455 e. The second-order valence-electron chi connectivity index (χ2n) is 10.5. The van der Waals surface area contributed by atoms with Crippen LogP contribution >= 0.6 is 0 Å². The fourth-order valence-corrected chi connectivity index (χ4v) is 5.24. The molecule has 7 nitrogen and oxygen atoms in total. The number of Topliss-reactive ketones (excluding diaryl/α,β-unsaturated/α-hetero) is 2. The maximum atomic E-state index is 12.8. The summed E-state index contributed by atoms with van der Waals surface area (Å²) in [6, 6.07) is 8.73. The number of amides is 1. The zero-order valence-electron chi connectivity index (χ0n) is 20.8. The molecule has 0 radical (unpaired) electrons. The molecule has 2 rings (SSSR count). The molecule has 8 heteroatoms. The number of hydrogen-bond donors (Lipinski definition) is 1. The average molecular weight is 476 g/mol. The Morgan fingerprint density at radius 2 is 1.73 bits per heavy atom. The lowest BCUT2D eigenvalue weighted by Gasteiger charge is -2.46. The third-order valence-electron chi connectivity index (χ3n) is 6.71. The van der Waals surface area contributed by atoms with Gasteiger partial charge >= 0.3 is 5.97 Å². The predicted molar refractivity (Wildman–Crippen MR) is 128 cm³/mol. The predicted octanol–water partition coefficient (Wildman–Crippen LogP) is 3.81. The van der Waals surface area contributed by atoms with E-state index in [9.17, 15) is 19.2 Å². The van der Waals surface area contributed by atoms with Crippen LogP contribution in [0.1, 0.15) is 53.0 Å². The highest BCUT2D eigenvalue weighted by Gasteiger charge is 2.48. The molecule has 1 amide bonds. The fraction of sp³-hybridized carbons (Fsp3) is 0.600. The lowest BCUT2D eigenvalue weighted by molar-refractivity contribution is -0.157. The lowest BCUT2D eigenvalue weighted by atomic mass is 9.78. The zero-order valence-corrected chi connectivity index (χ0v) is 21.8. The van der Waals surface area contributed by atoms with Crippen LogP contribution in [-0.2, 0) is 34.9 Å². The van der Waals surface area contributed by atoms with E-state index in [0.29, 0.717) is 0 Å². The van der Waals surface area contributed by atoms with Gasteiger partial charge in [-0.25, -0.2) is 4.79 Å². The van der Waals surface area contributed by atoms with Gasteiger partial charge in [-0.05, 0) is 44.0 Å². The van der Waals surface area contributed by atoms with Crippen molar-refractivity contribution in [2.75, 3.05) is 0 Å². The molecule has 1 unspecified atom stereocenters. The van der Waals surface area contributed by atoms with Gasteiger partial charge in [0, 0.05) is 18.4 Å². The molecule has 0 saturated carbocycles. The average Bonchev–Trinajstić information content (AvgIpc) is 2.69. The Kier molecular flexibility index (Phi) is 8.76. The minimum atomic E-state index is -2.10. The van der Waals surface area contributed by atoms with E-state index in [1.54, 1.807) is 12.1 Å². The molecular weight excluding hydrogens is 438 g/mol. The van der Waals surface area contributed by atoms with Crippen molar-refractivity contribution in [3.8, 4) is 0 Å². The Bertz CT molecular complexity index is 877. The Hall–Kier alpha value is -2.32. The van der Waals surface area contributed by atoms with Crippen LogP contribution in [0.2, 0.25) is 18.1 Å². The Labute approximate surface area is 197 Å². The molecule has 0 bridgehead atoms. The van der Waals surface area contributed by atoms with Crippen molar-refractivity contribution >= 4 is 31.8 Å². The molecule has 0 aromatic heterocycles. The molecule has 1 saturated heterocycles. The molecule has 182 valence electrons. The first-order valence-electron chi connectivity index (χ1n) is 11.5. The maximum Gasteiger partial charge on any atom is 0.375 e. The first-order chi connectivity index (χ1) is 15.2. The highest BCUT2D eigenvalue weighted by molar-refractivity contribution is 6.74. The second-order valence-corrected chi connectivity index (χ2v) is 15.2. The van der Waals surface area contributed by atoms with E-state index in [1.165, 1.54) is 6.92 Å². The van der Waals surface area contributed by atoms with Crippen molar-refractivity contribution in [2.45, 2.75) is 84.3 Å². The number of β-lactam (4-membered cyclic amide) rings is 1. The van der Waals surface area contributed by atoms with E-state index < -0.39 is 31.9 Å². The first kappa shape index (κ1) is 26.9. The van der Waals surface area contributed by atoms with Crippen molar-refractivity contribution < 1.29 is 28.3 Å². The van der Waals surface area contributed by atoms with Gasteiger partial charge in [-0.15, -0.1) is 0 Å². The number of nitrogens with one attached hydrogen (secondary N) is 1. The minimum Gasteiger partial charge on any atom is -0.455 e. The van der Waals surface area contributed by atoms with E-state index in [-0.39, 0.29) is 48.3 Å². The smallest absolute Gasteiger partial charge is 0.375 e. The number of ketones is 2. The van der Waals surface area contributed by atoms with E-state index in [1.807, 2.05) is 25.1 Å². The third kappa shape index (κ3) is 7.08. The van der Waals surface area contributed by atoms with Crippen LogP contribution in [0.3, 0.4) is 0 Å². The Morgan fingerprint density at radius 3 is 2.24 bits per heavy atom. The highest BCUT2D eigenvalue weighted by Crippen LogP contribution is 2.39. The van der Waals surface area contributed by atoms with Gasteiger partial charge in [0.2, 0.25) is 11.7 Å². The molecule has 1 aliphatic rings. The summed E-state index contributed by atoms with van der Waals surface area (Å²) < 4.78 is 11.6. The summed E-state index contributed by atoms with van der Waals surface area (Å²) in [5, 5.41) is 2.83. The van der Waals surface area contributed by atoms with Crippen LogP contribution in [0.25, 0.3) is 0 Å². The second kappa shape index (κ2) is 10.7. The zero-order chi connectivity index (χ0) is 25.0. The van der Waals surface area contributed by atoms with Gasteiger partial charge in [-0.2, -0.15) is 0 Å². The molecular formula is C25H37NO6Si. The van der Waals surface area contributed by atoms with Crippen LogP contribution in [0.15, 0.2) is 30.3 Å². The van der Waals surface area contributed by atoms with Crippen LogP contribution in [0.4, 0.5) is 0 Å². The Morgan fingerprint density at radius 1 is 1.12 bits per heavy atom. The molecule has 1 aliphatic heterocycles. The topological polar surface area (TPSA) is 98.8 Å². The van der Waals surface area contributed by atoms with Gasteiger partial charge in [0.15, 0.2) is 8.32 Å². The van der Waals surface area contributed by atoms with Crippen molar-refractivity contribution in [2.24, 2.45) is 11.8 Å². The van der Waals surface area contributed by atoms with Crippen LogP contribution in [0, 0.1) is 11.8 Å². The molecule has 1 N–H and O–H groups in total. The van der Waals surface area contributed by atoms with Gasteiger partial charge in [0.25, 0.3) is 0 Å². The fourth-order valence-electron chi connectivity index (χ4n) is 3.81. The van der Waals surface area contributed by atoms with Gasteiger partial charge in [0.1, 0.15) is 12.4 Å².